The first-order chi connectivity index (χ1) is 20.7. The third-order valence-electron chi connectivity index (χ3n) is 7.37. The Labute approximate surface area is 255 Å². The molecule has 0 unspecified atom stereocenters. The summed E-state index contributed by atoms with van der Waals surface area (Å²) < 4.78 is 50.6. The van der Waals surface area contributed by atoms with Crippen molar-refractivity contribution in [3.63, 3.8) is 0 Å². The lowest BCUT2D eigenvalue weighted by molar-refractivity contribution is -0.159. The molecule has 0 spiro atoms. The highest BCUT2D eigenvalue weighted by molar-refractivity contribution is 7.88. The number of halogens is 1. The van der Waals surface area contributed by atoms with Crippen molar-refractivity contribution in [3.05, 3.63) is 35.4 Å². The van der Waals surface area contributed by atoms with Crippen LogP contribution in [0.5, 0.6) is 5.75 Å². The summed E-state index contributed by atoms with van der Waals surface area (Å²) in [6, 6.07) is 5.23. The molecule has 4 rings (SSSR count). The monoisotopic (exact) mass is 642 g/mol. The van der Waals surface area contributed by atoms with E-state index in [1.165, 1.54) is 21.3 Å². The Hall–Kier alpha value is -3.83. The number of likely N-dealkylation sites (N-methyl/N-ethyl adjacent to an activating group) is 1. The molecule has 0 saturated carbocycles. The van der Waals surface area contributed by atoms with Crippen molar-refractivity contribution >= 4 is 33.9 Å². The highest BCUT2D eigenvalue weighted by atomic mass is 32.2. The number of hydrogen-bond acceptors (Lipinski definition) is 11. The summed E-state index contributed by atoms with van der Waals surface area (Å²) in [5.41, 5.74) is -0.0456. The number of piperidine rings is 1. The summed E-state index contributed by atoms with van der Waals surface area (Å²) in [7, 11) is -1.25. The Balaban J connectivity index is 0.000000801. The summed E-state index contributed by atoms with van der Waals surface area (Å²) in [5, 5.41) is 18.8. The zero-order valence-corrected chi connectivity index (χ0v) is 26.0. The molecule has 17 heteroatoms. The van der Waals surface area contributed by atoms with Gasteiger partial charge in [0.15, 0.2) is 5.82 Å². The van der Waals surface area contributed by atoms with Gasteiger partial charge in [0.1, 0.15) is 18.2 Å². The lowest BCUT2D eigenvalue weighted by Gasteiger charge is -2.35. The molecule has 0 atom stereocenters. The molecule has 0 bridgehead atoms. The molecule has 1 aromatic carbocycles. The van der Waals surface area contributed by atoms with Crippen LogP contribution in [0.3, 0.4) is 0 Å². The minimum Gasteiger partial charge on any atom is -0.492 e. The second-order valence-electron chi connectivity index (χ2n) is 10.8. The van der Waals surface area contributed by atoms with E-state index >= 15 is 0 Å². The van der Waals surface area contributed by atoms with Crippen molar-refractivity contribution in [2.75, 3.05) is 70.6 Å². The quantitative estimate of drug-likeness (QED) is 0.372. The molecule has 1 aromatic heterocycles. The maximum atomic E-state index is 14.8. The topological polar surface area (TPSA) is 187 Å². The van der Waals surface area contributed by atoms with Crippen LogP contribution in [0.25, 0.3) is 0 Å². The fraction of sp³-hybridized carbons (Fsp3) is 0.593. The summed E-state index contributed by atoms with van der Waals surface area (Å²) in [6.45, 7) is 7.66. The van der Waals surface area contributed by atoms with Gasteiger partial charge >= 0.3 is 18.0 Å². The second-order valence-corrected chi connectivity index (χ2v) is 12.8. The fourth-order valence-electron chi connectivity index (χ4n) is 4.73. The molecule has 0 aliphatic carbocycles. The van der Waals surface area contributed by atoms with E-state index in [9.17, 15) is 17.6 Å². The number of amides is 1. The zero-order chi connectivity index (χ0) is 32.6. The molecule has 0 radical (unpaired) electrons. The third-order valence-corrected chi connectivity index (χ3v) is 8.67. The largest absolute Gasteiger partial charge is 0.492 e. The van der Waals surface area contributed by atoms with E-state index < -0.39 is 33.7 Å². The Morgan fingerprint density at radius 2 is 1.70 bits per heavy atom. The van der Waals surface area contributed by atoms with Gasteiger partial charge in [-0.1, -0.05) is 19.0 Å². The van der Waals surface area contributed by atoms with Crippen LogP contribution in [-0.2, 0) is 19.6 Å². The van der Waals surface area contributed by atoms with Crippen LogP contribution in [0, 0.1) is 5.82 Å². The van der Waals surface area contributed by atoms with E-state index in [0.717, 1.165) is 38.0 Å². The lowest BCUT2D eigenvalue weighted by atomic mass is 10.0. The van der Waals surface area contributed by atoms with E-state index in [2.05, 4.69) is 27.0 Å². The van der Waals surface area contributed by atoms with Crippen LogP contribution in [0.2, 0.25) is 0 Å². The Morgan fingerprint density at radius 1 is 1.09 bits per heavy atom. The minimum absolute atomic E-state index is 0.0456. The Bertz CT molecular complexity index is 1390. The number of ether oxygens (including phenoxy) is 1. The Kier molecular flexibility index (Phi) is 12.0. The highest BCUT2D eigenvalue weighted by Crippen LogP contribution is 2.23. The minimum atomic E-state index is -3.30. The third kappa shape index (κ3) is 9.59. The van der Waals surface area contributed by atoms with Crippen LogP contribution in [0.1, 0.15) is 48.8 Å². The van der Waals surface area contributed by atoms with Crippen LogP contribution in [-0.4, -0.2) is 132 Å². The average molecular weight is 643 g/mol. The van der Waals surface area contributed by atoms with Crippen molar-refractivity contribution in [2.45, 2.75) is 38.6 Å². The van der Waals surface area contributed by atoms with Gasteiger partial charge in [0.2, 0.25) is 10.0 Å². The fourth-order valence-corrected chi connectivity index (χ4v) is 5.56. The maximum absolute atomic E-state index is 14.8. The standard InChI is InChI=1S/C25H37FN6O5S.C2H2O4/c1-18(2)23-27-25(37-28-23)31-9-7-19(8-10-31)29(3)15-16-36-20-5-6-21(22(26)17-20)24(33)30-11-13-32(14-12-30)38(4,34)35;3-1(4)2(5)6/h5-6,17-19H,7-16H2,1-4H3;(H,3,4)(H,5,6). The van der Waals surface area contributed by atoms with Crippen LogP contribution < -0.4 is 9.64 Å². The molecule has 2 N–H and O–H groups in total. The van der Waals surface area contributed by atoms with Crippen LogP contribution in [0.15, 0.2) is 22.7 Å². The molecule has 2 aliphatic rings. The van der Waals surface area contributed by atoms with E-state index in [1.807, 2.05) is 13.8 Å². The first kappa shape index (κ1) is 34.7. The number of anilines is 1. The first-order valence-corrected chi connectivity index (χ1v) is 15.9. The number of benzene rings is 1. The number of nitrogens with zero attached hydrogens (tertiary/aromatic N) is 6. The number of carboxylic acid groups (broad SMARTS) is 2. The van der Waals surface area contributed by atoms with Crippen molar-refractivity contribution < 1.29 is 46.7 Å². The number of carbonyl (C=O) groups is 3. The lowest BCUT2D eigenvalue weighted by Crippen LogP contribution is -2.50. The molecular formula is C27H39FN6O9S. The molecule has 244 valence electrons. The molecule has 2 saturated heterocycles. The molecule has 15 nitrogen and oxygen atoms in total. The van der Waals surface area contributed by atoms with Crippen molar-refractivity contribution in [1.29, 1.82) is 0 Å². The van der Waals surface area contributed by atoms with Gasteiger partial charge in [-0.25, -0.2) is 22.4 Å². The molecule has 3 heterocycles. The van der Waals surface area contributed by atoms with Crippen LogP contribution >= 0.6 is 0 Å². The van der Waals surface area contributed by atoms with Gasteiger partial charge in [-0.05, 0) is 32.0 Å². The van der Waals surface area contributed by atoms with Gasteiger partial charge in [-0.3, -0.25) is 9.69 Å². The first-order valence-electron chi connectivity index (χ1n) is 14.1. The molecule has 2 aromatic rings. The second kappa shape index (κ2) is 15.3. The molecule has 44 heavy (non-hydrogen) atoms. The van der Waals surface area contributed by atoms with E-state index in [0.29, 0.717) is 31.0 Å². The van der Waals surface area contributed by atoms with Gasteiger partial charge in [-0.15, -0.1) is 0 Å². The van der Waals surface area contributed by atoms with Gasteiger partial charge in [0.25, 0.3) is 5.91 Å². The molecule has 2 fully saturated rings. The summed E-state index contributed by atoms with van der Waals surface area (Å²) in [4.78, 5) is 41.3. The van der Waals surface area contributed by atoms with Gasteiger partial charge in [0.05, 0.1) is 11.8 Å². The predicted molar refractivity (Wildman–Crippen MR) is 156 cm³/mol. The summed E-state index contributed by atoms with van der Waals surface area (Å²) in [5.74, 6) is -3.44. The number of carbonyl (C=O) groups excluding carboxylic acids is 1. The van der Waals surface area contributed by atoms with E-state index in [-0.39, 0.29) is 37.7 Å². The summed E-state index contributed by atoms with van der Waals surface area (Å²) in [6.07, 6.45) is 3.06. The molecule has 1 amide bonds. The number of rotatable bonds is 9. The maximum Gasteiger partial charge on any atom is 0.414 e. The number of aliphatic carboxylic acids is 2. The smallest absolute Gasteiger partial charge is 0.414 e. The van der Waals surface area contributed by atoms with Crippen molar-refractivity contribution in [2.24, 2.45) is 0 Å². The van der Waals surface area contributed by atoms with E-state index in [4.69, 9.17) is 29.1 Å². The zero-order valence-electron chi connectivity index (χ0n) is 25.2. The van der Waals surface area contributed by atoms with Gasteiger partial charge in [-0.2, -0.15) is 9.29 Å². The van der Waals surface area contributed by atoms with Gasteiger partial charge < -0.3 is 29.3 Å². The van der Waals surface area contributed by atoms with E-state index in [1.54, 1.807) is 6.07 Å². The normalized spacial score (nSPS) is 16.5. The van der Waals surface area contributed by atoms with Crippen LogP contribution in [0.4, 0.5) is 10.4 Å². The van der Waals surface area contributed by atoms with Crippen molar-refractivity contribution in [3.8, 4) is 5.75 Å². The number of aromatic nitrogens is 2. The number of piperazine rings is 1. The van der Waals surface area contributed by atoms with Gasteiger partial charge in [0, 0.05) is 63.8 Å². The Morgan fingerprint density at radius 3 is 2.20 bits per heavy atom. The highest BCUT2D eigenvalue weighted by Gasteiger charge is 2.28. The number of sulfonamides is 1. The van der Waals surface area contributed by atoms with Crippen molar-refractivity contribution in [1.82, 2.24) is 24.2 Å². The molecule has 2 aliphatic heterocycles. The number of hydrogen-bond donors (Lipinski definition) is 2. The average Bonchev–Trinajstić information content (AvgIpc) is 3.48. The SMILES string of the molecule is CC(C)c1noc(N2CCC(N(C)CCOc3ccc(C(=O)N4CCN(S(C)(=O)=O)CC4)c(F)c3)CC2)n1.O=C(O)C(=O)O. The summed E-state index contributed by atoms with van der Waals surface area (Å²) >= 11 is 0. The number of carboxylic acids is 2. The predicted octanol–water partition coefficient (Wildman–Crippen LogP) is 1.18. The molecular weight excluding hydrogens is 603 g/mol.